The van der Waals surface area contributed by atoms with Crippen molar-refractivity contribution in [3.63, 3.8) is 0 Å². The number of nitrogens with one attached hydrogen (secondary N) is 1. The summed E-state index contributed by atoms with van der Waals surface area (Å²) in [7, 11) is 0. The number of ether oxygens (including phenoxy) is 1. The second kappa shape index (κ2) is 3.49. The van der Waals surface area contributed by atoms with Gasteiger partial charge in [-0.15, -0.1) is 0 Å². The van der Waals surface area contributed by atoms with E-state index in [0.717, 1.165) is 6.04 Å². The first-order valence-corrected chi connectivity index (χ1v) is 5.89. The summed E-state index contributed by atoms with van der Waals surface area (Å²) in [5.74, 6) is 0. The zero-order valence-electron chi connectivity index (χ0n) is 9.84. The predicted octanol–water partition coefficient (Wildman–Crippen LogP) is 2.33. The van der Waals surface area contributed by atoms with Crippen LogP contribution < -0.4 is 5.32 Å². The maximum absolute atomic E-state index is 5.73. The molecule has 1 aliphatic carbocycles. The molecule has 82 valence electrons. The molecule has 0 spiro atoms. The summed E-state index contributed by atoms with van der Waals surface area (Å²) >= 11 is 0. The topological polar surface area (TPSA) is 21.3 Å². The average Bonchev–Trinajstić information content (AvgIpc) is 2.55. The van der Waals surface area contributed by atoms with Gasteiger partial charge in [0, 0.05) is 12.1 Å². The molecule has 1 saturated heterocycles. The first kappa shape index (κ1) is 10.4. The van der Waals surface area contributed by atoms with Gasteiger partial charge in [-0.25, -0.2) is 0 Å². The van der Waals surface area contributed by atoms with Gasteiger partial charge in [0.05, 0.1) is 12.2 Å². The molecule has 14 heavy (non-hydrogen) atoms. The first-order chi connectivity index (χ1) is 6.47. The van der Waals surface area contributed by atoms with Crippen molar-refractivity contribution in [3.05, 3.63) is 0 Å². The van der Waals surface area contributed by atoms with Crippen LogP contribution in [0, 0.1) is 5.41 Å². The van der Waals surface area contributed by atoms with Gasteiger partial charge in [-0.3, -0.25) is 0 Å². The summed E-state index contributed by atoms with van der Waals surface area (Å²) in [6.45, 7) is 9.05. The van der Waals surface area contributed by atoms with E-state index in [1.54, 1.807) is 0 Å². The van der Waals surface area contributed by atoms with E-state index >= 15 is 0 Å². The third kappa shape index (κ3) is 2.29. The molecule has 2 nitrogen and oxygen atoms in total. The molecule has 3 unspecified atom stereocenters. The molecule has 0 aromatic carbocycles. The summed E-state index contributed by atoms with van der Waals surface area (Å²) in [5, 5.41) is 3.76. The van der Waals surface area contributed by atoms with Crippen molar-refractivity contribution in [2.75, 3.05) is 0 Å². The van der Waals surface area contributed by atoms with Crippen molar-refractivity contribution in [2.45, 2.75) is 71.2 Å². The Bertz CT molecular complexity index is 204. The van der Waals surface area contributed by atoms with Crippen molar-refractivity contribution in [1.82, 2.24) is 5.32 Å². The van der Waals surface area contributed by atoms with Crippen LogP contribution in [0.2, 0.25) is 0 Å². The highest BCUT2D eigenvalue weighted by atomic mass is 16.5. The van der Waals surface area contributed by atoms with Gasteiger partial charge in [0.15, 0.2) is 0 Å². The van der Waals surface area contributed by atoms with Crippen LogP contribution in [0.25, 0.3) is 0 Å². The van der Waals surface area contributed by atoms with E-state index in [2.05, 4.69) is 33.0 Å². The molecule has 2 aliphatic rings. The van der Waals surface area contributed by atoms with Crippen LogP contribution in [0.15, 0.2) is 0 Å². The van der Waals surface area contributed by atoms with Gasteiger partial charge in [0.1, 0.15) is 0 Å². The highest BCUT2D eigenvalue weighted by molar-refractivity contribution is 5.03. The van der Waals surface area contributed by atoms with Crippen LogP contribution >= 0.6 is 0 Å². The van der Waals surface area contributed by atoms with Crippen LogP contribution in [-0.4, -0.2) is 24.3 Å². The Morgan fingerprint density at radius 3 is 2.07 bits per heavy atom. The van der Waals surface area contributed by atoms with E-state index in [1.807, 2.05) is 0 Å². The molecular formula is C12H23NO. The Balaban J connectivity index is 1.81. The van der Waals surface area contributed by atoms with Crippen molar-refractivity contribution in [3.8, 4) is 0 Å². The molecule has 1 heterocycles. The lowest BCUT2D eigenvalue weighted by Crippen LogP contribution is -2.43. The molecule has 0 radical (unpaired) electrons. The Kier molecular flexibility index (Phi) is 2.61. The molecule has 3 atom stereocenters. The minimum Gasteiger partial charge on any atom is -0.375 e. The van der Waals surface area contributed by atoms with E-state index in [1.165, 1.54) is 19.3 Å². The molecule has 0 amide bonds. The van der Waals surface area contributed by atoms with Gasteiger partial charge >= 0.3 is 0 Å². The maximum Gasteiger partial charge on any atom is 0.0565 e. The standard InChI is InChI=1S/C12H23NO/c1-8-5-10(6-9(2)14-8)13-11-7-12(11,3)4/h8-11,13H,5-7H2,1-4H3. The van der Waals surface area contributed by atoms with Crippen LogP contribution in [0.1, 0.15) is 47.0 Å². The van der Waals surface area contributed by atoms with E-state index < -0.39 is 0 Å². The van der Waals surface area contributed by atoms with Crippen LogP contribution in [0.4, 0.5) is 0 Å². The second-order valence-electron chi connectivity index (χ2n) is 5.84. The highest BCUT2D eigenvalue weighted by Crippen LogP contribution is 2.45. The fraction of sp³-hybridized carbons (Fsp3) is 1.00. The molecule has 2 fully saturated rings. The van der Waals surface area contributed by atoms with E-state index in [-0.39, 0.29) is 0 Å². The summed E-state index contributed by atoms with van der Waals surface area (Å²) < 4.78 is 5.73. The van der Waals surface area contributed by atoms with Gasteiger partial charge in [-0.1, -0.05) is 13.8 Å². The summed E-state index contributed by atoms with van der Waals surface area (Å²) in [4.78, 5) is 0. The van der Waals surface area contributed by atoms with Crippen LogP contribution in [0.5, 0.6) is 0 Å². The van der Waals surface area contributed by atoms with Crippen molar-refractivity contribution < 1.29 is 4.74 Å². The van der Waals surface area contributed by atoms with Crippen molar-refractivity contribution >= 4 is 0 Å². The maximum atomic E-state index is 5.73. The number of hydrogen-bond acceptors (Lipinski definition) is 2. The molecule has 2 heteroatoms. The van der Waals surface area contributed by atoms with E-state index in [4.69, 9.17) is 4.74 Å². The lowest BCUT2D eigenvalue weighted by Gasteiger charge is -2.33. The molecule has 1 N–H and O–H groups in total. The molecule has 0 aromatic heterocycles. The predicted molar refractivity (Wildman–Crippen MR) is 58.4 cm³/mol. The second-order valence-corrected chi connectivity index (χ2v) is 5.84. The fourth-order valence-electron chi connectivity index (χ4n) is 2.58. The first-order valence-electron chi connectivity index (χ1n) is 5.89. The van der Waals surface area contributed by atoms with Gasteiger partial charge in [-0.05, 0) is 38.5 Å². The summed E-state index contributed by atoms with van der Waals surface area (Å²) in [5.41, 5.74) is 0.546. The van der Waals surface area contributed by atoms with E-state index in [9.17, 15) is 0 Å². The highest BCUT2D eigenvalue weighted by Gasteiger charge is 2.46. The number of hydrogen-bond donors (Lipinski definition) is 1. The largest absolute Gasteiger partial charge is 0.375 e. The lowest BCUT2D eigenvalue weighted by atomic mass is 9.99. The molecule has 1 aliphatic heterocycles. The van der Waals surface area contributed by atoms with E-state index in [0.29, 0.717) is 23.7 Å². The molecule has 2 rings (SSSR count). The van der Waals surface area contributed by atoms with Crippen molar-refractivity contribution in [1.29, 1.82) is 0 Å². The molecule has 1 saturated carbocycles. The average molecular weight is 197 g/mol. The zero-order chi connectivity index (χ0) is 10.3. The Morgan fingerprint density at radius 1 is 1.14 bits per heavy atom. The van der Waals surface area contributed by atoms with Gasteiger partial charge in [-0.2, -0.15) is 0 Å². The smallest absolute Gasteiger partial charge is 0.0565 e. The Morgan fingerprint density at radius 2 is 1.64 bits per heavy atom. The zero-order valence-corrected chi connectivity index (χ0v) is 9.84. The molecular weight excluding hydrogens is 174 g/mol. The number of rotatable bonds is 2. The van der Waals surface area contributed by atoms with Crippen LogP contribution in [0.3, 0.4) is 0 Å². The Hall–Kier alpha value is -0.0800. The third-order valence-corrected chi connectivity index (χ3v) is 3.65. The van der Waals surface area contributed by atoms with Gasteiger partial charge in [0.25, 0.3) is 0 Å². The minimum absolute atomic E-state index is 0.429. The SMILES string of the molecule is CC1CC(NC2CC2(C)C)CC(C)O1. The fourth-order valence-corrected chi connectivity index (χ4v) is 2.58. The molecule has 0 bridgehead atoms. The van der Waals surface area contributed by atoms with Crippen molar-refractivity contribution in [2.24, 2.45) is 5.41 Å². The van der Waals surface area contributed by atoms with Gasteiger partial charge < -0.3 is 10.1 Å². The third-order valence-electron chi connectivity index (χ3n) is 3.65. The summed E-state index contributed by atoms with van der Waals surface area (Å²) in [6, 6.07) is 1.44. The summed E-state index contributed by atoms with van der Waals surface area (Å²) in [6.07, 6.45) is 4.55. The lowest BCUT2D eigenvalue weighted by molar-refractivity contribution is -0.0426. The quantitative estimate of drug-likeness (QED) is 0.733. The molecule has 0 aromatic rings. The minimum atomic E-state index is 0.429. The normalized spacial score (nSPS) is 46.3. The Labute approximate surface area is 87.4 Å². The monoisotopic (exact) mass is 197 g/mol. The van der Waals surface area contributed by atoms with Crippen LogP contribution in [-0.2, 0) is 4.74 Å². The van der Waals surface area contributed by atoms with Gasteiger partial charge in [0.2, 0.25) is 0 Å².